The van der Waals surface area contributed by atoms with Crippen molar-refractivity contribution in [3.05, 3.63) is 29.6 Å². The van der Waals surface area contributed by atoms with E-state index in [2.05, 4.69) is 5.32 Å². The summed E-state index contributed by atoms with van der Waals surface area (Å²) in [7, 11) is 0. The molecule has 0 aliphatic carbocycles. The molecule has 0 aromatic heterocycles. The fraction of sp³-hybridized carbons (Fsp3) is 0.500. The van der Waals surface area contributed by atoms with Crippen molar-refractivity contribution < 1.29 is 22.3 Å². The molecule has 1 saturated heterocycles. The zero-order valence-electron chi connectivity index (χ0n) is 9.56. The normalized spacial score (nSPS) is 20.8. The summed E-state index contributed by atoms with van der Waals surface area (Å²) in [6.45, 7) is 1.38. The number of halogens is 4. The van der Waals surface area contributed by atoms with E-state index in [9.17, 15) is 17.6 Å². The largest absolute Gasteiger partial charge is 0.486 e. The molecule has 1 aliphatic heterocycles. The molecule has 1 aromatic carbocycles. The van der Waals surface area contributed by atoms with Gasteiger partial charge in [0.1, 0.15) is 6.10 Å². The molecule has 100 valence electrons. The van der Waals surface area contributed by atoms with Gasteiger partial charge in [-0.15, -0.1) is 0 Å². The van der Waals surface area contributed by atoms with Crippen LogP contribution in [0.3, 0.4) is 0 Å². The first-order valence-corrected chi connectivity index (χ1v) is 5.71. The van der Waals surface area contributed by atoms with Crippen LogP contribution in [0.25, 0.3) is 0 Å². The average Bonchev–Trinajstić information content (AvgIpc) is 2.32. The van der Waals surface area contributed by atoms with Crippen LogP contribution in [0.15, 0.2) is 18.2 Å². The zero-order chi connectivity index (χ0) is 13.2. The van der Waals surface area contributed by atoms with E-state index >= 15 is 0 Å². The van der Waals surface area contributed by atoms with E-state index in [1.165, 1.54) is 6.07 Å². The van der Waals surface area contributed by atoms with Gasteiger partial charge in [-0.1, -0.05) is 6.07 Å². The van der Waals surface area contributed by atoms with E-state index in [4.69, 9.17) is 4.74 Å². The quantitative estimate of drug-likeness (QED) is 0.828. The number of benzene rings is 1. The molecule has 18 heavy (non-hydrogen) atoms. The van der Waals surface area contributed by atoms with Crippen molar-refractivity contribution in [1.82, 2.24) is 5.32 Å². The zero-order valence-corrected chi connectivity index (χ0v) is 9.56. The van der Waals surface area contributed by atoms with Gasteiger partial charge in [-0.2, -0.15) is 13.2 Å². The third-order valence-electron chi connectivity index (χ3n) is 2.81. The molecule has 1 aromatic rings. The lowest BCUT2D eigenvalue weighted by molar-refractivity contribution is -0.140. The predicted molar refractivity (Wildman–Crippen MR) is 57.9 cm³/mol. The molecular formula is C12H13F4NO. The van der Waals surface area contributed by atoms with Crippen LogP contribution in [-0.4, -0.2) is 19.2 Å². The van der Waals surface area contributed by atoms with E-state index in [1.54, 1.807) is 0 Å². The highest BCUT2D eigenvalue weighted by Gasteiger charge is 2.35. The average molecular weight is 263 g/mol. The minimum Gasteiger partial charge on any atom is -0.486 e. The van der Waals surface area contributed by atoms with Gasteiger partial charge in [-0.3, -0.25) is 0 Å². The molecule has 1 aliphatic rings. The molecule has 1 N–H and O–H groups in total. The van der Waals surface area contributed by atoms with Gasteiger partial charge in [0.25, 0.3) is 0 Å². The highest BCUT2D eigenvalue weighted by molar-refractivity contribution is 5.33. The van der Waals surface area contributed by atoms with Crippen LogP contribution < -0.4 is 10.1 Å². The van der Waals surface area contributed by atoms with Gasteiger partial charge < -0.3 is 10.1 Å². The standard InChI is InChI=1S/C12H13F4NO/c13-11-9(12(14,15)16)4-1-5-10(11)18-8-3-2-6-17-7-8/h1,4-5,8,17H,2-3,6-7H2. The maximum atomic E-state index is 13.7. The van der Waals surface area contributed by atoms with Crippen molar-refractivity contribution in [1.29, 1.82) is 0 Å². The highest BCUT2D eigenvalue weighted by Crippen LogP contribution is 2.35. The molecule has 2 rings (SSSR count). The summed E-state index contributed by atoms with van der Waals surface area (Å²) in [4.78, 5) is 0. The molecule has 0 spiro atoms. The molecule has 1 heterocycles. The van der Waals surface area contributed by atoms with Crippen LogP contribution in [0, 0.1) is 5.82 Å². The minimum absolute atomic E-state index is 0.281. The Kier molecular flexibility index (Phi) is 3.75. The van der Waals surface area contributed by atoms with Gasteiger partial charge in [0.15, 0.2) is 11.6 Å². The van der Waals surface area contributed by atoms with Gasteiger partial charge >= 0.3 is 6.18 Å². The lowest BCUT2D eigenvalue weighted by atomic mass is 10.1. The maximum Gasteiger partial charge on any atom is 0.419 e. The maximum absolute atomic E-state index is 13.7. The molecule has 0 radical (unpaired) electrons. The summed E-state index contributed by atoms with van der Waals surface area (Å²) in [6, 6.07) is 3.08. The predicted octanol–water partition coefficient (Wildman–Crippen LogP) is 2.98. The van der Waals surface area contributed by atoms with Crippen molar-refractivity contribution in [2.45, 2.75) is 25.1 Å². The van der Waals surface area contributed by atoms with Crippen LogP contribution in [0.1, 0.15) is 18.4 Å². The lowest BCUT2D eigenvalue weighted by Gasteiger charge is -2.24. The van der Waals surface area contributed by atoms with Crippen molar-refractivity contribution in [3.8, 4) is 5.75 Å². The summed E-state index contributed by atoms with van der Waals surface area (Å²) in [5.74, 6) is -1.67. The summed E-state index contributed by atoms with van der Waals surface area (Å²) >= 11 is 0. The second-order valence-corrected chi connectivity index (χ2v) is 4.20. The number of alkyl halides is 3. The third kappa shape index (κ3) is 2.93. The van der Waals surface area contributed by atoms with Crippen LogP contribution in [0.5, 0.6) is 5.75 Å². The van der Waals surface area contributed by atoms with E-state index < -0.39 is 17.6 Å². The van der Waals surface area contributed by atoms with Crippen LogP contribution in [0.2, 0.25) is 0 Å². The van der Waals surface area contributed by atoms with E-state index in [-0.39, 0.29) is 11.9 Å². The van der Waals surface area contributed by atoms with Gasteiger partial charge in [-0.25, -0.2) is 4.39 Å². The van der Waals surface area contributed by atoms with Gasteiger partial charge in [0.2, 0.25) is 0 Å². The molecule has 0 bridgehead atoms. The number of hydrogen-bond acceptors (Lipinski definition) is 2. The number of hydrogen-bond donors (Lipinski definition) is 1. The second kappa shape index (κ2) is 5.14. The number of rotatable bonds is 2. The van der Waals surface area contributed by atoms with Crippen molar-refractivity contribution in [3.63, 3.8) is 0 Å². The second-order valence-electron chi connectivity index (χ2n) is 4.20. The van der Waals surface area contributed by atoms with Gasteiger partial charge in [0, 0.05) is 6.54 Å². The number of nitrogens with one attached hydrogen (secondary N) is 1. The summed E-state index contributed by atoms with van der Waals surface area (Å²) in [6.07, 6.45) is -3.40. The minimum atomic E-state index is -4.70. The van der Waals surface area contributed by atoms with Gasteiger partial charge in [0.05, 0.1) is 5.56 Å². The van der Waals surface area contributed by atoms with Crippen LogP contribution in [-0.2, 0) is 6.18 Å². The summed E-state index contributed by atoms with van der Waals surface area (Å²) in [5.41, 5.74) is -1.29. The molecule has 0 saturated carbocycles. The Morgan fingerprint density at radius 3 is 2.67 bits per heavy atom. The topological polar surface area (TPSA) is 21.3 Å². The molecule has 0 amide bonds. The Labute approximate surface area is 102 Å². The first-order valence-electron chi connectivity index (χ1n) is 5.71. The Morgan fingerprint density at radius 2 is 2.06 bits per heavy atom. The SMILES string of the molecule is Fc1c(OC2CCCNC2)cccc1C(F)(F)F. The Hall–Kier alpha value is -1.30. The molecule has 1 unspecified atom stereocenters. The number of piperidine rings is 1. The molecule has 6 heteroatoms. The summed E-state index contributed by atoms with van der Waals surface area (Å²) < 4.78 is 56.4. The molecule has 1 fully saturated rings. The molecular weight excluding hydrogens is 250 g/mol. The fourth-order valence-corrected chi connectivity index (χ4v) is 1.92. The monoisotopic (exact) mass is 263 g/mol. The van der Waals surface area contributed by atoms with Crippen molar-refractivity contribution in [2.24, 2.45) is 0 Å². The van der Waals surface area contributed by atoms with Crippen LogP contribution >= 0.6 is 0 Å². The molecule has 2 nitrogen and oxygen atoms in total. The van der Waals surface area contributed by atoms with Crippen molar-refractivity contribution >= 4 is 0 Å². The lowest BCUT2D eigenvalue weighted by Crippen LogP contribution is -2.37. The summed E-state index contributed by atoms with van der Waals surface area (Å²) in [5, 5.41) is 3.05. The first kappa shape index (κ1) is 13.1. The Morgan fingerprint density at radius 1 is 1.28 bits per heavy atom. The van der Waals surface area contributed by atoms with E-state index in [0.717, 1.165) is 19.0 Å². The van der Waals surface area contributed by atoms with E-state index in [0.29, 0.717) is 19.0 Å². The van der Waals surface area contributed by atoms with Crippen LogP contribution in [0.4, 0.5) is 17.6 Å². The third-order valence-corrected chi connectivity index (χ3v) is 2.81. The fourth-order valence-electron chi connectivity index (χ4n) is 1.92. The smallest absolute Gasteiger partial charge is 0.419 e. The first-order chi connectivity index (χ1) is 8.48. The van der Waals surface area contributed by atoms with Gasteiger partial charge in [-0.05, 0) is 31.5 Å². The Balaban J connectivity index is 2.18. The molecule has 1 atom stereocenters. The van der Waals surface area contributed by atoms with Crippen molar-refractivity contribution in [2.75, 3.05) is 13.1 Å². The Bertz CT molecular complexity index is 413. The number of ether oxygens (including phenoxy) is 1. The highest BCUT2D eigenvalue weighted by atomic mass is 19.4. The van der Waals surface area contributed by atoms with E-state index in [1.807, 2.05) is 0 Å².